The summed E-state index contributed by atoms with van der Waals surface area (Å²) in [6, 6.07) is 15.7. The summed E-state index contributed by atoms with van der Waals surface area (Å²) in [5, 5.41) is 13.8. The highest BCUT2D eigenvalue weighted by atomic mass is 16.5. The van der Waals surface area contributed by atoms with Gasteiger partial charge in [-0.15, -0.1) is 0 Å². The molecule has 0 aromatic heterocycles. The number of nitrogens with two attached hydrogens (primary N) is 1. The number of benzene rings is 2. The number of nitrogens with one attached hydrogen (secondary N) is 3. The molecule has 0 aliphatic heterocycles. The van der Waals surface area contributed by atoms with E-state index in [4.69, 9.17) is 11.1 Å². The molecule has 0 aliphatic rings. The van der Waals surface area contributed by atoms with Crippen LogP contribution in [0.4, 0.5) is 11.4 Å². The van der Waals surface area contributed by atoms with Crippen molar-refractivity contribution in [1.82, 2.24) is 5.32 Å². The van der Waals surface area contributed by atoms with Crippen LogP contribution in [0.3, 0.4) is 0 Å². The SMILES string of the molecule is COC(=O)CNCCCc1ccc(Nc2cccc(C(=N)N)c2)cc1. The van der Waals surface area contributed by atoms with Crippen LogP contribution in [0.15, 0.2) is 48.5 Å². The third-order valence-corrected chi connectivity index (χ3v) is 3.73. The van der Waals surface area contributed by atoms with Gasteiger partial charge in [0.1, 0.15) is 5.84 Å². The number of aryl methyl sites for hydroxylation is 1. The Balaban J connectivity index is 1.80. The van der Waals surface area contributed by atoms with Gasteiger partial charge in [-0.1, -0.05) is 24.3 Å². The van der Waals surface area contributed by atoms with Crippen molar-refractivity contribution in [2.75, 3.05) is 25.5 Å². The Morgan fingerprint density at radius 2 is 1.92 bits per heavy atom. The molecule has 0 saturated heterocycles. The molecule has 0 saturated carbocycles. The van der Waals surface area contributed by atoms with Gasteiger partial charge in [0, 0.05) is 16.9 Å². The van der Waals surface area contributed by atoms with Gasteiger partial charge in [0.05, 0.1) is 13.7 Å². The number of ether oxygens (including phenoxy) is 1. The molecule has 2 aromatic carbocycles. The quantitative estimate of drug-likeness (QED) is 0.243. The Morgan fingerprint density at radius 1 is 1.16 bits per heavy atom. The first-order chi connectivity index (χ1) is 12.1. The molecule has 25 heavy (non-hydrogen) atoms. The van der Waals surface area contributed by atoms with Crippen molar-refractivity contribution in [1.29, 1.82) is 5.41 Å². The molecule has 0 radical (unpaired) electrons. The van der Waals surface area contributed by atoms with Crippen LogP contribution in [0.2, 0.25) is 0 Å². The second-order valence-corrected chi connectivity index (χ2v) is 5.67. The van der Waals surface area contributed by atoms with E-state index in [1.54, 1.807) is 0 Å². The Hall–Kier alpha value is -2.86. The largest absolute Gasteiger partial charge is 0.468 e. The number of amidine groups is 1. The van der Waals surface area contributed by atoms with E-state index in [9.17, 15) is 4.79 Å². The summed E-state index contributed by atoms with van der Waals surface area (Å²) < 4.78 is 4.57. The zero-order valence-electron chi connectivity index (χ0n) is 14.3. The monoisotopic (exact) mass is 340 g/mol. The predicted molar refractivity (Wildman–Crippen MR) is 100 cm³/mol. The fourth-order valence-corrected chi connectivity index (χ4v) is 2.37. The average molecular weight is 340 g/mol. The number of methoxy groups -OCH3 is 1. The average Bonchev–Trinajstić information content (AvgIpc) is 2.62. The van der Waals surface area contributed by atoms with Crippen molar-refractivity contribution < 1.29 is 9.53 Å². The van der Waals surface area contributed by atoms with Gasteiger partial charge >= 0.3 is 5.97 Å². The lowest BCUT2D eigenvalue weighted by Gasteiger charge is -2.09. The fourth-order valence-electron chi connectivity index (χ4n) is 2.37. The van der Waals surface area contributed by atoms with E-state index in [-0.39, 0.29) is 18.3 Å². The van der Waals surface area contributed by atoms with Crippen LogP contribution in [0, 0.1) is 5.41 Å². The summed E-state index contributed by atoms with van der Waals surface area (Å²) in [5.74, 6) is -0.191. The maximum Gasteiger partial charge on any atom is 0.319 e. The summed E-state index contributed by atoms with van der Waals surface area (Å²) in [6.45, 7) is 1.02. The van der Waals surface area contributed by atoms with E-state index in [1.165, 1.54) is 12.7 Å². The molecule has 6 heteroatoms. The number of hydrogen-bond acceptors (Lipinski definition) is 5. The number of hydrogen-bond donors (Lipinski definition) is 4. The van der Waals surface area contributed by atoms with Crippen LogP contribution in [0.1, 0.15) is 17.5 Å². The number of rotatable bonds is 9. The van der Waals surface area contributed by atoms with Gasteiger partial charge in [-0.2, -0.15) is 0 Å². The maximum atomic E-state index is 11.0. The van der Waals surface area contributed by atoms with E-state index in [0.717, 1.165) is 30.8 Å². The maximum absolute atomic E-state index is 11.0. The summed E-state index contributed by atoms with van der Waals surface area (Å²) in [4.78, 5) is 11.0. The molecular formula is C19H24N4O2. The molecule has 0 aliphatic carbocycles. The molecule has 132 valence electrons. The van der Waals surface area contributed by atoms with Crippen LogP contribution in [0.5, 0.6) is 0 Å². The van der Waals surface area contributed by atoms with Crippen LogP contribution in [-0.4, -0.2) is 32.0 Å². The minimum atomic E-state index is -0.246. The van der Waals surface area contributed by atoms with Gasteiger partial charge in [-0.3, -0.25) is 10.2 Å². The van der Waals surface area contributed by atoms with Crippen molar-refractivity contribution in [2.24, 2.45) is 5.73 Å². The van der Waals surface area contributed by atoms with E-state index < -0.39 is 0 Å². The van der Waals surface area contributed by atoms with E-state index in [0.29, 0.717) is 5.56 Å². The highest BCUT2D eigenvalue weighted by molar-refractivity contribution is 5.95. The lowest BCUT2D eigenvalue weighted by atomic mass is 10.1. The summed E-state index contributed by atoms with van der Waals surface area (Å²) in [6.07, 6.45) is 1.89. The van der Waals surface area contributed by atoms with Crippen LogP contribution >= 0.6 is 0 Å². The normalized spacial score (nSPS) is 10.3. The highest BCUT2D eigenvalue weighted by Crippen LogP contribution is 2.18. The van der Waals surface area contributed by atoms with E-state index >= 15 is 0 Å². The van der Waals surface area contributed by atoms with Crippen molar-refractivity contribution in [2.45, 2.75) is 12.8 Å². The first-order valence-electron chi connectivity index (χ1n) is 8.16. The van der Waals surface area contributed by atoms with Crippen molar-refractivity contribution >= 4 is 23.2 Å². The van der Waals surface area contributed by atoms with Crippen LogP contribution in [-0.2, 0) is 16.0 Å². The fraction of sp³-hybridized carbons (Fsp3) is 0.263. The molecule has 0 atom stereocenters. The standard InChI is InChI=1S/C19H24N4O2/c1-25-18(24)13-22-11-3-4-14-7-9-16(10-8-14)23-17-6-2-5-15(12-17)19(20)21/h2,5-10,12,22-23H,3-4,11,13H2,1H3,(H3,20,21). The molecule has 6 nitrogen and oxygen atoms in total. The number of esters is 1. The zero-order chi connectivity index (χ0) is 18.1. The summed E-state index contributed by atoms with van der Waals surface area (Å²) in [7, 11) is 1.38. The molecular weight excluding hydrogens is 316 g/mol. The first-order valence-corrected chi connectivity index (χ1v) is 8.16. The molecule has 0 fully saturated rings. The second kappa shape index (κ2) is 9.44. The van der Waals surface area contributed by atoms with E-state index in [2.05, 4.69) is 27.5 Å². The minimum Gasteiger partial charge on any atom is -0.468 e. The van der Waals surface area contributed by atoms with Crippen molar-refractivity contribution in [3.05, 3.63) is 59.7 Å². The lowest BCUT2D eigenvalue weighted by Crippen LogP contribution is -2.25. The van der Waals surface area contributed by atoms with Gasteiger partial charge in [-0.05, 0) is 49.2 Å². The molecule has 0 bridgehead atoms. The molecule has 2 aromatic rings. The number of carbonyl (C=O) groups is 1. The molecule has 0 unspecified atom stereocenters. The van der Waals surface area contributed by atoms with Gasteiger partial charge < -0.3 is 21.1 Å². The Morgan fingerprint density at radius 3 is 2.60 bits per heavy atom. The minimum absolute atomic E-state index is 0.0554. The summed E-state index contributed by atoms with van der Waals surface area (Å²) >= 11 is 0. The third kappa shape index (κ3) is 6.27. The Kier molecular flexibility index (Phi) is 6.98. The topological polar surface area (TPSA) is 100 Å². The molecule has 2 rings (SSSR count). The van der Waals surface area contributed by atoms with E-state index in [1.807, 2.05) is 36.4 Å². The van der Waals surface area contributed by atoms with Crippen molar-refractivity contribution in [3.8, 4) is 0 Å². The lowest BCUT2D eigenvalue weighted by molar-refractivity contribution is -0.139. The zero-order valence-corrected chi connectivity index (χ0v) is 14.3. The van der Waals surface area contributed by atoms with Crippen LogP contribution in [0.25, 0.3) is 0 Å². The number of nitrogen functional groups attached to an aromatic ring is 1. The Labute approximate surface area is 147 Å². The van der Waals surface area contributed by atoms with Gasteiger partial charge in [-0.25, -0.2) is 0 Å². The molecule has 0 heterocycles. The van der Waals surface area contributed by atoms with Crippen molar-refractivity contribution in [3.63, 3.8) is 0 Å². The number of anilines is 2. The number of carbonyl (C=O) groups excluding carboxylic acids is 1. The highest BCUT2D eigenvalue weighted by Gasteiger charge is 2.01. The summed E-state index contributed by atoms with van der Waals surface area (Å²) in [5.41, 5.74) is 9.32. The van der Waals surface area contributed by atoms with Gasteiger partial charge in [0.25, 0.3) is 0 Å². The molecule has 0 spiro atoms. The Bertz CT molecular complexity index is 714. The molecule has 0 amide bonds. The van der Waals surface area contributed by atoms with Gasteiger partial charge in [0.15, 0.2) is 0 Å². The van der Waals surface area contributed by atoms with Crippen LogP contribution < -0.4 is 16.4 Å². The smallest absolute Gasteiger partial charge is 0.319 e. The second-order valence-electron chi connectivity index (χ2n) is 5.67. The third-order valence-electron chi connectivity index (χ3n) is 3.73. The molecule has 5 N–H and O–H groups in total. The first kappa shape index (κ1) is 18.5. The van der Waals surface area contributed by atoms with Gasteiger partial charge in [0.2, 0.25) is 0 Å². The predicted octanol–water partition coefficient (Wildman–Crippen LogP) is 2.41.